The van der Waals surface area contributed by atoms with Gasteiger partial charge >= 0.3 is 11.8 Å². The lowest BCUT2D eigenvalue weighted by Crippen LogP contribution is -2.35. The molecule has 4 amide bonds. The van der Waals surface area contributed by atoms with E-state index in [-0.39, 0.29) is 24.8 Å². The number of carbonyl (C=O) groups excluding carboxylic acids is 3. The fourth-order valence-electron chi connectivity index (χ4n) is 4.65. The monoisotopic (exact) mass is 545 g/mol. The average Bonchev–Trinajstić information content (AvgIpc) is 3.53. The molecule has 1 aliphatic heterocycles. The second kappa shape index (κ2) is 10.6. The quantitative estimate of drug-likeness (QED) is 0.230. The smallest absolute Gasteiger partial charge is 0.408 e. The highest BCUT2D eigenvalue weighted by Gasteiger charge is 2.37. The zero-order chi connectivity index (χ0) is 28.6. The third-order valence-corrected chi connectivity index (χ3v) is 6.94. The molecule has 206 valence electrons. The van der Waals surface area contributed by atoms with Crippen LogP contribution in [0.1, 0.15) is 35.6 Å². The molecule has 1 fully saturated rings. The second-order valence-corrected chi connectivity index (χ2v) is 9.53. The molecular weight excluding hydrogens is 518 g/mol. The molecule has 5 rings (SSSR count). The van der Waals surface area contributed by atoms with Gasteiger partial charge in [0.05, 0.1) is 18.1 Å². The van der Waals surface area contributed by atoms with Crippen LogP contribution in [0.3, 0.4) is 0 Å². The zero-order valence-electron chi connectivity index (χ0n) is 22.0. The molecule has 14 heteroatoms. The summed E-state index contributed by atoms with van der Waals surface area (Å²) in [5, 5.41) is 12.6. The zero-order valence-corrected chi connectivity index (χ0v) is 22.0. The van der Waals surface area contributed by atoms with Crippen LogP contribution in [-0.2, 0) is 25.4 Å². The Morgan fingerprint density at radius 1 is 1.20 bits per heavy atom. The van der Waals surface area contributed by atoms with Crippen molar-refractivity contribution in [3.8, 4) is 6.07 Å². The van der Waals surface area contributed by atoms with Gasteiger partial charge < -0.3 is 20.0 Å². The van der Waals surface area contributed by atoms with Crippen LogP contribution in [0.2, 0.25) is 0 Å². The number of nitrogens with zero attached hydrogens (tertiary/aromatic N) is 7. The summed E-state index contributed by atoms with van der Waals surface area (Å²) in [6.07, 6.45) is 3.42. The molecule has 0 bridgehead atoms. The minimum atomic E-state index is -0.684. The number of anilines is 1. The first kappa shape index (κ1) is 26.6. The SMILES string of the molecule is Cn1c(CN2C(=O)CN(c3ccc4oc(=O)n(C)c4c3)C2=O)cc2cnc(C(=O)N[C@H](C#N)CCCCN)nc21. The maximum atomic E-state index is 13.3. The highest BCUT2D eigenvalue weighted by molar-refractivity contribution is 6.12. The maximum absolute atomic E-state index is 13.3. The van der Waals surface area contributed by atoms with Crippen molar-refractivity contribution in [1.29, 1.82) is 5.26 Å². The van der Waals surface area contributed by atoms with Crippen LogP contribution in [0, 0.1) is 11.3 Å². The van der Waals surface area contributed by atoms with Gasteiger partial charge in [-0.3, -0.25) is 24.0 Å². The fraction of sp³-hybridized carbons (Fsp3) is 0.346. The summed E-state index contributed by atoms with van der Waals surface area (Å²) in [5.41, 5.74) is 7.88. The van der Waals surface area contributed by atoms with E-state index in [9.17, 15) is 24.4 Å². The van der Waals surface area contributed by atoms with E-state index >= 15 is 0 Å². The van der Waals surface area contributed by atoms with Crippen molar-refractivity contribution in [2.75, 3.05) is 18.0 Å². The molecule has 1 aliphatic rings. The molecule has 40 heavy (non-hydrogen) atoms. The van der Waals surface area contributed by atoms with Crippen LogP contribution in [0.15, 0.2) is 39.7 Å². The maximum Gasteiger partial charge on any atom is 0.419 e. The number of aryl methyl sites for hydroxylation is 2. The lowest BCUT2D eigenvalue weighted by atomic mass is 10.1. The lowest BCUT2D eigenvalue weighted by molar-refractivity contribution is -0.125. The number of aromatic nitrogens is 4. The summed E-state index contributed by atoms with van der Waals surface area (Å²) in [5.74, 6) is -1.58. The number of oxazole rings is 1. The van der Waals surface area contributed by atoms with Gasteiger partial charge in [-0.25, -0.2) is 19.6 Å². The first-order chi connectivity index (χ1) is 19.2. The Labute approximate surface area is 227 Å². The van der Waals surface area contributed by atoms with Crippen LogP contribution < -0.4 is 21.7 Å². The van der Waals surface area contributed by atoms with Crippen LogP contribution >= 0.6 is 0 Å². The van der Waals surface area contributed by atoms with E-state index in [1.807, 2.05) is 0 Å². The number of hydrogen-bond donors (Lipinski definition) is 2. The van der Waals surface area contributed by atoms with Crippen molar-refractivity contribution in [3.05, 3.63) is 52.5 Å². The van der Waals surface area contributed by atoms with Crippen LogP contribution in [0.4, 0.5) is 10.5 Å². The number of imide groups is 1. The molecule has 3 N–H and O–H groups in total. The van der Waals surface area contributed by atoms with Crippen molar-refractivity contribution in [2.45, 2.75) is 31.8 Å². The number of hydrogen-bond acceptors (Lipinski definition) is 9. The van der Waals surface area contributed by atoms with E-state index in [1.165, 1.54) is 15.7 Å². The van der Waals surface area contributed by atoms with Gasteiger partial charge in [0.15, 0.2) is 5.58 Å². The molecule has 4 heterocycles. The van der Waals surface area contributed by atoms with E-state index in [2.05, 4.69) is 21.4 Å². The van der Waals surface area contributed by atoms with Gasteiger partial charge in [-0.05, 0) is 50.1 Å². The van der Waals surface area contributed by atoms with Gasteiger partial charge in [-0.15, -0.1) is 0 Å². The molecule has 3 aromatic heterocycles. The Morgan fingerprint density at radius 2 is 2.00 bits per heavy atom. The third-order valence-electron chi connectivity index (χ3n) is 6.94. The van der Waals surface area contributed by atoms with Gasteiger partial charge in [-0.1, -0.05) is 0 Å². The molecule has 1 atom stereocenters. The van der Waals surface area contributed by atoms with Crippen molar-refractivity contribution in [3.63, 3.8) is 0 Å². The van der Waals surface area contributed by atoms with E-state index in [1.54, 1.807) is 42.9 Å². The Bertz CT molecular complexity index is 1740. The molecular formula is C26H27N9O5. The highest BCUT2D eigenvalue weighted by Crippen LogP contribution is 2.27. The van der Waals surface area contributed by atoms with Gasteiger partial charge in [0.2, 0.25) is 5.82 Å². The van der Waals surface area contributed by atoms with Crippen LogP contribution in [0.25, 0.3) is 22.1 Å². The standard InChI is InChI=1S/C26H27N9O5/c1-32-18(9-15-12-29-22(31-23(15)32)24(37)30-16(11-28)5-3-4-8-27)13-35-21(36)14-34(25(35)38)17-6-7-20-19(10-17)33(2)26(39)40-20/h6-7,9-10,12,16H,3-5,8,13-14,27H2,1-2H3,(H,30,37)/t16-/m0/s1. The fourth-order valence-corrected chi connectivity index (χ4v) is 4.65. The number of fused-ring (bicyclic) bond motifs is 2. The molecule has 0 unspecified atom stereocenters. The number of nitrogens with two attached hydrogens (primary N) is 1. The van der Waals surface area contributed by atoms with Gasteiger partial charge in [0.25, 0.3) is 11.8 Å². The van der Waals surface area contributed by atoms with Crippen molar-refractivity contribution in [1.82, 2.24) is 29.3 Å². The van der Waals surface area contributed by atoms with Gasteiger partial charge in [-0.2, -0.15) is 5.26 Å². The topological polar surface area (TPSA) is 185 Å². The number of nitriles is 1. The van der Waals surface area contributed by atoms with Crippen molar-refractivity contribution in [2.24, 2.45) is 19.8 Å². The summed E-state index contributed by atoms with van der Waals surface area (Å²) in [7, 11) is 3.28. The number of benzene rings is 1. The molecule has 0 saturated carbocycles. The Hall–Kier alpha value is -5.03. The van der Waals surface area contributed by atoms with Crippen molar-refractivity contribution < 1.29 is 18.8 Å². The Morgan fingerprint density at radius 3 is 2.75 bits per heavy atom. The van der Waals surface area contributed by atoms with E-state index < -0.39 is 23.7 Å². The minimum Gasteiger partial charge on any atom is -0.408 e. The summed E-state index contributed by atoms with van der Waals surface area (Å²) < 4.78 is 8.16. The second-order valence-electron chi connectivity index (χ2n) is 9.53. The Balaban J connectivity index is 1.34. The summed E-state index contributed by atoms with van der Waals surface area (Å²) in [6.45, 7) is 0.333. The number of unbranched alkanes of at least 4 members (excludes halogenated alkanes) is 1. The largest absolute Gasteiger partial charge is 0.419 e. The number of urea groups is 1. The normalized spacial score (nSPS) is 14.3. The molecule has 1 saturated heterocycles. The highest BCUT2D eigenvalue weighted by atomic mass is 16.4. The first-order valence-electron chi connectivity index (χ1n) is 12.6. The average molecular weight is 546 g/mol. The number of nitrogens with one attached hydrogen (secondary N) is 1. The predicted octanol–water partition coefficient (Wildman–Crippen LogP) is 1.13. The molecule has 1 aromatic carbocycles. The van der Waals surface area contributed by atoms with E-state index in [4.69, 9.17) is 10.2 Å². The summed E-state index contributed by atoms with van der Waals surface area (Å²) in [4.78, 5) is 61.6. The summed E-state index contributed by atoms with van der Waals surface area (Å²) >= 11 is 0. The van der Waals surface area contributed by atoms with E-state index in [0.717, 1.165) is 11.3 Å². The van der Waals surface area contributed by atoms with Gasteiger partial charge in [0, 0.05) is 37.1 Å². The predicted molar refractivity (Wildman–Crippen MR) is 143 cm³/mol. The number of amides is 4. The van der Waals surface area contributed by atoms with Crippen LogP contribution in [-0.4, -0.2) is 61.0 Å². The number of rotatable bonds is 9. The summed E-state index contributed by atoms with van der Waals surface area (Å²) in [6, 6.07) is 7.45. The van der Waals surface area contributed by atoms with Gasteiger partial charge in [0.1, 0.15) is 18.2 Å². The first-order valence-corrected chi connectivity index (χ1v) is 12.6. The minimum absolute atomic E-state index is 0.0212. The van der Waals surface area contributed by atoms with E-state index in [0.29, 0.717) is 52.9 Å². The molecule has 14 nitrogen and oxygen atoms in total. The molecule has 0 radical (unpaired) electrons. The molecule has 0 aliphatic carbocycles. The van der Waals surface area contributed by atoms with Crippen LogP contribution in [0.5, 0.6) is 0 Å². The third kappa shape index (κ3) is 4.78. The Kier molecular flexibility index (Phi) is 7.05. The van der Waals surface area contributed by atoms with Crippen molar-refractivity contribution >= 4 is 45.7 Å². The number of carbonyl (C=O) groups is 3. The lowest BCUT2D eigenvalue weighted by Gasteiger charge is -2.17. The molecule has 4 aromatic rings. The molecule has 0 spiro atoms.